The van der Waals surface area contributed by atoms with Crippen LogP contribution in [0.15, 0.2) is 59.1 Å². The van der Waals surface area contributed by atoms with Crippen LogP contribution in [0.3, 0.4) is 0 Å². The molecule has 34 heavy (non-hydrogen) atoms. The van der Waals surface area contributed by atoms with E-state index in [0.29, 0.717) is 30.9 Å². The predicted octanol–water partition coefficient (Wildman–Crippen LogP) is 5.67. The summed E-state index contributed by atoms with van der Waals surface area (Å²) in [4.78, 5) is 6.15. The lowest BCUT2D eigenvalue weighted by Crippen LogP contribution is -2.41. The minimum atomic E-state index is -4.53. The van der Waals surface area contributed by atoms with Crippen LogP contribution in [0.1, 0.15) is 25.0 Å². The summed E-state index contributed by atoms with van der Waals surface area (Å²) in [6.07, 6.45) is -3.47. The maximum atomic E-state index is 13.9. The molecule has 0 radical (unpaired) electrons. The molecule has 9 heteroatoms. The number of amidine groups is 1. The Hall–Kier alpha value is -2.73. The zero-order valence-corrected chi connectivity index (χ0v) is 21.0. The lowest BCUT2D eigenvalue weighted by Gasteiger charge is -2.34. The number of allylic oxidation sites excluding steroid dienone is 1. The van der Waals surface area contributed by atoms with Crippen molar-refractivity contribution in [1.29, 1.82) is 0 Å². The zero-order valence-electron chi connectivity index (χ0n) is 20.1. The normalized spacial score (nSPS) is 16.2. The fourth-order valence-corrected chi connectivity index (χ4v) is 4.82. The third-order valence-electron chi connectivity index (χ3n) is 5.74. The van der Waals surface area contributed by atoms with Gasteiger partial charge in [0.05, 0.1) is 12.7 Å². The van der Waals surface area contributed by atoms with Crippen LogP contribution in [0.25, 0.3) is 0 Å². The summed E-state index contributed by atoms with van der Waals surface area (Å²) in [7, 11) is -0.819. The number of hydrogen-bond acceptors (Lipinski definition) is 4. The molecule has 0 bridgehead atoms. The Labute approximate surface area is 199 Å². The lowest BCUT2D eigenvalue weighted by molar-refractivity contribution is -0.0872. The second-order valence-corrected chi connectivity index (χ2v) is 11.9. The van der Waals surface area contributed by atoms with Crippen molar-refractivity contribution in [3.63, 3.8) is 0 Å². The topological polar surface area (TPSA) is 53.9 Å². The minimum absolute atomic E-state index is 0.0910. The number of alkyl halides is 3. The molecule has 1 aliphatic heterocycles. The van der Waals surface area contributed by atoms with Crippen LogP contribution < -0.4 is 15.4 Å². The monoisotopic (exact) mass is 493 g/mol. The molecule has 1 aliphatic rings. The number of ether oxygens (including phenoxy) is 1. The number of benzene rings is 2. The quantitative estimate of drug-likeness (QED) is 0.320. The molecule has 5 nitrogen and oxygen atoms in total. The number of anilines is 1. The van der Waals surface area contributed by atoms with Gasteiger partial charge in [-0.15, -0.1) is 0 Å². The standard InChI is InChI=1S/C25H31F3N3O2P/c1-6-23(25(26,27)28)24(31-14-13-18-7-10-21(33-3)15-19(18)16-31)30-17(2)29-20-8-11-22(12-9-20)34(4,5)32/h6-12,15,17,29H,13-14,16H2,1-5H3/b23-6+,30-24+. The van der Waals surface area contributed by atoms with Crippen LogP contribution in [0.5, 0.6) is 5.75 Å². The van der Waals surface area contributed by atoms with Gasteiger partial charge in [-0.05, 0) is 81.1 Å². The first-order valence-corrected chi connectivity index (χ1v) is 13.7. The fraction of sp³-hybridized carbons (Fsp3) is 0.400. The van der Waals surface area contributed by atoms with Crippen molar-refractivity contribution < 1.29 is 22.5 Å². The number of rotatable bonds is 6. The van der Waals surface area contributed by atoms with Crippen molar-refractivity contribution in [3.8, 4) is 5.75 Å². The molecule has 184 valence electrons. The highest BCUT2D eigenvalue weighted by molar-refractivity contribution is 7.70. The summed E-state index contributed by atoms with van der Waals surface area (Å²) in [6.45, 7) is 7.21. The highest BCUT2D eigenvalue weighted by atomic mass is 31.2. The Morgan fingerprint density at radius 1 is 1.18 bits per heavy atom. The molecule has 2 aromatic carbocycles. The summed E-state index contributed by atoms with van der Waals surface area (Å²) in [6, 6.07) is 12.8. The number of methoxy groups -OCH3 is 1. The summed E-state index contributed by atoms with van der Waals surface area (Å²) in [5.74, 6) is 0.579. The smallest absolute Gasteiger partial charge is 0.419 e. The van der Waals surface area contributed by atoms with E-state index in [1.54, 1.807) is 56.5 Å². The van der Waals surface area contributed by atoms with Crippen LogP contribution in [0.2, 0.25) is 0 Å². The van der Waals surface area contributed by atoms with E-state index in [-0.39, 0.29) is 5.84 Å². The van der Waals surface area contributed by atoms with Gasteiger partial charge in [0.25, 0.3) is 0 Å². The average molecular weight is 494 g/mol. The first-order chi connectivity index (χ1) is 15.9. The molecule has 0 saturated heterocycles. The average Bonchev–Trinajstić information content (AvgIpc) is 2.77. The van der Waals surface area contributed by atoms with E-state index < -0.39 is 25.1 Å². The number of halogens is 3. The molecule has 2 aromatic rings. The predicted molar refractivity (Wildman–Crippen MR) is 133 cm³/mol. The van der Waals surface area contributed by atoms with E-state index >= 15 is 0 Å². The van der Waals surface area contributed by atoms with Crippen LogP contribution >= 0.6 is 7.14 Å². The van der Waals surface area contributed by atoms with Crippen molar-refractivity contribution in [2.45, 2.75) is 39.2 Å². The van der Waals surface area contributed by atoms with Crippen molar-refractivity contribution in [2.75, 3.05) is 32.3 Å². The summed E-state index contributed by atoms with van der Waals surface area (Å²) < 4.78 is 59.3. The second kappa shape index (κ2) is 10.3. The minimum Gasteiger partial charge on any atom is -0.497 e. The maximum Gasteiger partial charge on any atom is 0.419 e. The Morgan fingerprint density at radius 2 is 1.85 bits per heavy atom. The highest BCUT2D eigenvalue weighted by Crippen LogP contribution is 2.35. The molecule has 1 N–H and O–H groups in total. The molecule has 0 aromatic heterocycles. The Morgan fingerprint density at radius 3 is 2.41 bits per heavy atom. The Bertz CT molecular complexity index is 1120. The third kappa shape index (κ3) is 6.23. The number of nitrogens with zero attached hydrogens (tertiary/aromatic N) is 2. The molecular weight excluding hydrogens is 462 g/mol. The van der Waals surface area contributed by atoms with Crippen molar-refractivity contribution in [3.05, 3.63) is 65.2 Å². The van der Waals surface area contributed by atoms with Gasteiger partial charge in [-0.25, -0.2) is 4.99 Å². The van der Waals surface area contributed by atoms with Crippen molar-refractivity contribution in [2.24, 2.45) is 4.99 Å². The van der Waals surface area contributed by atoms with E-state index in [1.165, 1.54) is 6.92 Å². The largest absolute Gasteiger partial charge is 0.497 e. The summed E-state index contributed by atoms with van der Waals surface area (Å²) in [5, 5.41) is 3.88. The van der Waals surface area contributed by atoms with Crippen LogP contribution in [-0.4, -0.2) is 50.1 Å². The molecule has 1 atom stereocenters. The molecule has 0 aliphatic carbocycles. The maximum absolute atomic E-state index is 13.9. The molecule has 0 spiro atoms. The van der Waals surface area contributed by atoms with E-state index in [2.05, 4.69) is 10.3 Å². The Kier molecular flexibility index (Phi) is 7.81. The van der Waals surface area contributed by atoms with Crippen LogP contribution in [-0.2, 0) is 17.5 Å². The van der Waals surface area contributed by atoms with Gasteiger partial charge in [-0.2, -0.15) is 13.2 Å². The van der Waals surface area contributed by atoms with Gasteiger partial charge < -0.3 is 19.5 Å². The van der Waals surface area contributed by atoms with Crippen LogP contribution in [0.4, 0.5) is 18.9 Å². The first kappa shape index (κ1) is 25.9. The number of aliphatic imine (C=N–C) groups is 1. The molecule has 1 unspecified atom stereocenters. The van der Waals surface area contributed by atoms with Gasteiger partial charge in [0, 0.05) is 24.1 Å². The molecule has 0 amide bonds. The SMILES string of the molecule is C/C=C(\C(=N/C(C)Nc1ccc(P(C)(C)=O)cc1)N1CCc2ccc(OC)cc2C1)C(F)(F)F. The molecule has 3 rings (SSSR count). The number of nitrogens with one attached hydrogen (secondary N) is 1. The van der Waals surface area contributed by atoms with Gasteiger partial charge in [-0.3, -0.25) is 0 Å². The molecule has 1 heterocycles. The van der Waals surface area contributed by atoms with E-state index in [0.717, 1.165) is 22.5 Å². The van der Waals surface area contributed by atoms with E-state index in [1.807, 2.05) is 18.2 Å². The third-order valence-corrected chi connectivity index (χ3v) is 7.28. The Balaban J connectivity index is 1.90. The number of hydrogen-bond donors (Lipinski definition) is 1. The fourth-order valence-electron chi connectivity index (χ4n) is 3.96. The van der Waals surface area contributed by atoms with Crippen molar-refractivity contribution in [1.82, 2.24) is 4.90 Å². The second-order valence-electron chi connectivity index (χ2n) is 8.68. The van der Waals surface area contributed by atoms with Gasteiger partial charge in [0.15, 0.2) is 0 Å². The zero-order chi connectivity index (χ0) is 25.1. The molecule has 0 fully saturated rings. The van der Waals surface area contributed by atoms with Gasteiger partial charge in [0.2, 0.25) is 0 Å². The van der Waals surface area contributed by atoms with E-state index in [9.17, 15) is 17.7 Å². The van der Waals surface area contributed by atoms with Gasteiger partial charge in [0.1, 0.15) is 24.9 Å². The van der Waals surface area contributed by atoms with Gasteiger partial charge in [-0.1, -0.05) is 12.1 Å². The summed E-state index contributed by atoms with van der Waals surface area (Å²) in [5.41, 5.74) is 1.95. The van der Waals surface area contributed by atoms with Crippen LogP contribution in [0, 0.1) is 0 Å². The van der Waals surface area contributed by atoms with Crippen molar-refractivity contribution >= 4 is 24.0 Å². The highest BCUT2D eigenvalue weighted by Gasteiger charge is 2.39. The number of fused-ring (bicyclic) bond motifs is 1. The van der Waals surface area contributed by atoms with E-state index in [4.69, 9.17) is 4.74 Å². The molecular formula is C25H31F3N3O2P. The first-order valence-electron chi connectivity index (χ1n) is 11.1. The van der Waals surface area contributed by atoms with Gasteiger partial charge >= 0.3 is 6.18 Å². The summed E-state index contributed by atoms with van der Waals surface area (Å²) >= 11 is 0. The molecule has 0 saturated carbocycles. The lowest BCUT2D eigenvalue weighted by atomic mass is 9.98.